The summed E-state index contributed by atoms with van der Waals surface area (Å²) in [6.45, 7) is -0.113. The molecule has 2 amide bonds. The van der Waals surface area contributed by atoms with Crippen LogP contribution in [0.4, 0.5) is 30.2 Å². The number of carbonyl (C=O) groups is 2. The second-order valence-corrected chi connectivity index (χ2v) is 7.48. The Hall–Kier alpha value is -3.23. The van der Waals surface area contributed by atoms with Crippen LogP contribution in [0.25, 0.3) is 0 Å². The predicted molar refractivity (Wildman–Crippen MR) is 119 cm³/mol. The smallest absolute Gasteiger partial charge is 0.376 e. The summed E-state index contributed by atoms with van der Waals surface area (Å²) in [4.78, 5) is 24.6. The van der Waals surface area contributed by atoms with Crippen molar-refractivity contribution in [2.24, 2.45) is 0 Å². The Kier molecular flexibility index (Phi) is 7.27. The van der Waals surface area contributed by atoms with Crippen molar-refractivity contribution in [1.29, 1.82) is 0 Å². The van der Waals surface area contributed by atoms with E-state index in [1.165, 1.54) is 30.3 Å². The zero-order chi connectivity index (χ0) is 23.3. The number of anilines is 3. The van der Waals surface area contributed by atoms with Gasteiger partial charge in [0, 0.05) is 22.0 Å². The summed E-state index contributed by atoms with van der Waals surface area (Å²) in [7, 11) is 0. The minimum Gasteiger partial charge on any atom is -0.376 e. The Bertz CT molecular complexity index is 1150. The van der Waals surface area contributed by atoms with E-state index in [0.29, 0.717) is 21.4 Å². The molecule has 166 valence electrons. The maximum atomic E-state index is 12.8. The second-order valence-electron chi connectivity index (χ2n) is 6.64. The van der Waals surface area contributed by atoms with Gasteiger partial charge < -0.3 is 16.0 Å². The molecule has 0 heterocycles. The van der Waals surface area contributed by atoms with E-state index in [1.54, 1.807) is 24.3 Å². The van der Waals surface area contributed by atoms with Crippen LogP contribution in [0, 0.1) is 0 Å². The van der Waals surface area contributed by atoms with Gasteiger partial charge in [-0.15, -0.1) is 0 Å². The monoisotopic (exact) mass is 481 g/mol. The third-order valence-electron chi connectivity index (χ3n) is 4.23. The number of amides is 2. The molecule has 3 rings (SSSR count). The summed E-state index contributed by atoms with van der Waals surface area (Å²) < 4.78 is 38.5. The van der Waals surface area contributed by atoms with Crippen molar-refractivity contribution < 1.29 is 22.8 Å². The zero-order valence-corrected chi connectivity index (χ0v) is 17.8. The molecule has 0 fully saturated rings. The molecule has 0 saturated heterocycles. The largest absolute Gasteiger partial charge is 0.416 e. The molecule has 0 unspecified atom stereocenters. The van der Waals surface area contributed by atoms with Crippen molar-refractivity contribution in [3.05, 3.63) is 87.9 Å². The van der Waals surface area contributed by atoms with Gasteiger partial charge in [-0.05, 0) is 54.6 Å². The van der Waals surface area contributed by atoms with E-state index >= 15 is 0 Å². The number of benzene rings is 3. The number of nitrogens with one attached hydrogen (secondary N) is 3. The summed E-state index contributed by atoms with van der Waals surface area (Å²) in [5.74, 6) is -0.974. The molecule has 0 bridgehead atoms. The maximum absolute atomic E-state index is 12.8. The summed E-state index contributed by atoms with van der Waals surface area (Å²) in [6.07, 6.45) is -4.51. The van der Waals surface area contributed by atoms with Crippen molar-refractivity contribution in [2.75, 3.05) is 22.5 Å². The van der Waals surface area contributed by atoms with Crippen LogP contribution in [0.2, 0.25) is 10.0 Å². The average molecular weight is 482 g/mol. The van der Waals surface area contributed by atoms with Crippen molar-refractivity contribution in [2.45, 2.75) is 6.18 Å². The fraction of sp³-hybridized carbons (Fsp3) is 0.0909. The van der Waals surface area contributed by atoms with E-state index in [2.05, 4.69) is 16.0 Å². The van der Waals surface area contributed by atoms with Gasteiger partial charge in [-0.25, -0.2) is 0 Å². The highest BCUT2D eigenvalue weighted by atomic mass is 35.5. The number of hydrogen-bond donors (Lipinski definition) is 3. The Morgan fingerprint density at radius 2 is 1.56 bits per heavy atom. The molecule has 0 spiro atoms. The molecule has 0 aliphatic heterocycles. The number of rotatable bonds is 6. The van der Waals surface area contributed by atoms with E-state index in [1.807, 2.05) is 0 Å². The number of halogens is 5. The molecular formula is C22H16Cl2F3N3O2. The summed E-state index contributed by atoms with van der Waals surface area (Å²) in [6, 6.07) is 15.2. The Balaban J connectivity index is 1.61. The van der Waals surface area contributed by atoms with E-state index in [4.69, 9.17) is 23.2 Å². The van der Waals surface area contributed by atoms with Crippen LogP contribution >= 0.6 is 23.2 Å². The van der Waals surface area contributed by atoms with Crippen molar-refractivity contribution >= 4 is 52.1 Å². The minimum absolute atomic E-state index is 0.0161. The van der Waals surface area contributed by atoms with Crippen molar-refractivity contribution in [3.63, 3.8) is 0 Å². The highest BCUT2D eigenvalue weighted by molar-refractivity contribution is 6.36. The molecule has 32 heavy (non-hydrogen) atoms. The SMILES string of the molecule is O=C(CNc1cccc(C(=O)Nc2cccc(C(F)(F)F)c2)c1)Nc1ccc(Cl)cc1Cl. The van der Waals surface area contributed by atoms with Gasteiger partial charge in [-0.3, -0.25) is 9.59 Å². The van der Waals surface area contributed by atoms with E-state index in [-0.39, 0.29) is 23.7 Å². The van der Waals surface area contributed by atoms with Crippen LogP contribution in [0.3, 0.4) is 0 Å². The van der Waals surface area contributed by atoms with Gasteiger partial charge in [-0.2, -0.15) is 13.2 Å². The lowest BCUT2D eigenvalue weighted by molar-refractivity contribution is -0.137. The topological polar surface area (TPSA) is 70.2 Å². The highest BCUT2D eigenvalue weighted by Gasteiger charge is 2.30. The lowest BCUT2D eigenvalue weighted by Gasteiger charge is -2.11. The third kappa shape index (κ3) is 6.38. The number of hydrogen-bond acceptors (Lipinski definition) is 3. The summed E-state index contributed by atoms with van der Waals surface area (Å²) in [5.41, 5.74) is 0.227. The molecule has 0 atom stereocenters. The second kappa shape index (κ2) is 9.93. The van der Waals surface area contributed by atoms with Crippen LogP contribution in [0.5, 0.6) is 0 Å². The van der Waals surface area contributed by atoms with Crippen molar-refractivity contribution in [3.8, 4) is 0 Å². The molecule has 3 aromatic carbocycles. The van der Waals surface area contributed by atoms with Gasteiger partial charge in [0.1, 0.15) is 0 Å². The van der Waals surface area contributed by atoms with Gasteiger partial charge in [0.05, 0.1) is 22.8 Å². The molecule has 0 saturated carbocycles. The maximum Gasteiger partial charge on any atom is 0.416 e. The lowest BCUT2D eigenvalue weighted by atomic mass is 10.1. The standard InChI is InChI=1S/C22H16Cl2F3N3O2/c23-15-7-8-19(18(24)11-15)30-20(31)12-28-16-5-1-3-13(9-16)21(32)29-17-6-2-4-14(10-17)22(25,26)27/h1-11,28H,12H2,(H,29,32)(H,30,31). The van der Waals surface area contributed by atoms with E-state index < -0.39 is 17.6 Å². The van der Waals surface area contributed by atoms with Gasteiger partial charge in [-0.1, -0.05) is 35.3 Å². The zero-order valence-electron chi connectivity index (χ0n) is 16.3. The quantitative estimate of drug-likeness (QED) is 0.386. The van der Waals surface area contributed by atoms with Gasteiger partial charge in [0.15, 0.2) is 0 Å². The molecule has 0 aromatic heterocycles. The first kappa shape index (κ1) is 23.4. The van der Waals surface area contributed by atoms with Crippen molar-refractivity contribution in [1.82, 2.24) is 0 Å². The first-order valence-electron chi connectivity index (χ1n) is 9.19. The molecular weight excluding hydrogens is 466 g/mol. The van der Waals surface area contributed by atoms with Crippen LogP contribution in [-0.4, -0.2) is 18.4 Å². The molecule has 0 radical (unpaired) electrons. The first-order valence-corrected chi connectivity index (χ1v) is 9.95. The van der Waals surface area contributed by atoms with E-state index in [0.717, 1.165) is 12.1 Å². The van der Waals surface area contributed by atoms with Crippen LogP contribution in [0.1, 0.15) is 15.9 Å². The molecule has 3 aromatic rings. The normalized spacial score (nSPS) is 11.0. The number of alkyl halides is 3. The van der Waals surface area contributed by atoms with Gasteiger partial charge in [0.2, 0.25) is 5.91 Å². The Morgan fingerprint density at radius 1 is 0.844 bits per heavy atom. The molecule has 0 aliphatic rings. The minimum atomic E-state index is -4.51. The van der Waals surface area contributed by atoms with E-state index in [9.17, 15) is 22.8 Å². The summed E-state index contributed by atoms with van der Waals surface area (Å²) in [5, 5.41) is 8.67. The Labute approximate surface area is 191 Å². The fourth-order valence-corrected chi connectivity index (χ4v) is 3.17. The third-order valence-corrected chi connectivity index (χ3v) is 4.78. The fourth-order valence-electron chi connectivity index (χ4n) is 2.71. The van der Waals surface area contributed by atoms with Gasteiger partial charge in [0.25, 0.3) is 5.91 Å². The average Bonchev–Trinajstić information content (AvgIpc) is 2.74. The van der Waals surface area contributed by atoms with Crippen LogP contribution < -0.4 is 16.0 Å². The lowest BCUT2D eigenvalue weighted by Crippen LogP contribution is -2.22. The molecule has 5 nitrogen and oxygen atoms in total. The molecule has 3 N–H and O–H groups in total. The first-order chi connectivity index (χ1) is 15.1. The summed E-state index contributed by atoms with van der Waals surface area (Å²) >= 11 is 11.8. The predicted octanol–water partition coefficient (Wildman–Crippen LogP) is 6.32. The number of carbonyl (C=O) groups excluding carboxylic acids is 2. The van der Waals surface area contributed by atoms with Gasteiger partial charge >= 0.3 is 6.18 Å². The van der Waals surface area contributed by atoms with Crippen LogP contribution in [0.15, 0.2) is 66.7 Å². The Morgan fingerprint density at radius 3 is 2.28 bits per heavy atom. The molecule has 10 heteroatoms. The highest BCUT2D eigenvalue weighted by Crippen LogP contribution is 2.31. The van der Waals surface area contributed by atoms with Crippen LogP contribution in [-0.2, 0) is 11.0 Å². The molecule has 0 aliphatic carbocycles.